The van der Waals surface area contributed by atoms with Crippen LogP contribution in [0.1, 0.15) is 19.8 Å². The summed E-state index contributed by atoms with van der Waals surface area (Å²) in [5, 5.41) is 5.92. The van der Waals surface area contributed by atoms with Crippen LogP contribution in [0, 0.1) is 0 Å². The molecule has 0 unspecified atom stereocenters. The number of aryl methyl sites for hydroxylation is 1. The minimum absolute atomic E-state index is 0.720. The van der Waals surface area contributed by atoms with Crippen molar-refractivity contribution in [3.8, 4) is 0 Å². The Hall–Kier alpha value is -1.09. The average Bonchev–Trinajstić information content (AvgIpc) is 2.60. The van der Waals surface area contributed by atoms with E-state index >= 15 is 0 Å². The third kappa shape index (κ3) is 1.60. The lowest BCUT2D eigenvalue weighted by Crippen LogP contribution is -2.00. The summed E-state index contributed by atoms with van der Waals surface area (Å²) in [4.78, 5) is 4.27. The van der Waals surface area contributed by atoms with Gasteiger partial charge in [-0.1, -0.05) is 24.9 Å². The van der Waals surface area contributed by atoms with E-state index in [1.165, 1.54) is 0 Å². The molecule has 0 bridgehead atoms. The lowest BCUT2D eigenvalue weighted by molar-refractivity contribution is 0.584. The van der Waals surface area contributed by atoms with Crippen LogP contribution in [0.2, 0.25) is 5.02 Å². The van der Waals surface area contributed by atoms with E-state index in [1.54, 1.807) is 18.5 Å². The van der Waals surface area contributed by atoms with Gasteiger partial charge in [-0.3, -0.25) is 0 Å². The normalized spacial score (nSPS) is 11.0. The van der Waals surface area contributed by atoms with Crippen molar-refractivity contribution < 1.29 is 0 Å². The molecule has 0 aromatic carbocycles. The van der Waals surface area contributed by atoms with Crippen molar-refractivity contribution in [2.45, 2.75) is 26.3 Å². The highest BCUT2D eigenvalue weighted by molar-refractivity contribution is 6.35. The second-order valence-electron chi connectivity index (χ2n) is 3.25. The third-order valence-electron chi connectivity index (χ3n) is 2.21. The van der Waals surface area contributed by atoms with Gasteiger partial charge in [-0.15, -0.1) is 0 Å². The second kappa shape index (κ2) is 3.96. The molecule has 0 aliphatic carbocycles. The first kappa shape index (κ1) is 9.46. The number of nitrogens with zero attached hydrogens (tertiary/aromatic N) is 3. The van der Waals surface area contributed by atoms with E-state index in [9.17, 15) is 0 Å². The maximum atomic E-state index is 6.01. The van der Waals surface area contributed by atoms with Crippen molar-refractivity contribution in [1.29, 1.82) is 0 Å². The summed E-state index contributed by atoms with van der Waals surface area (Å²) in [6, 6.07) is 1.79. The highest BCUT2D eigenvalue weighted by Crippen LogP contribution is 2.20. The zero-order chi connectivity index (χ0) is 9.97. The van der Waals surface area contributed by atoms with E-state index in [0.717, 1.165) is 35.4 Å². The van der Waals surface area contributed by atoms with Crippen LogP contribution in [0.5, 0.6) is 0 Å². The van der Waals surface area contributed by atoms with Gasteiger partial charge in [0.2, 0.25) is 0 Å². The smallest absolute Gasteiger partial charge is 0.159 e. The molecule has 0 saturated carbocycles. The Balaban J connectivity index is 2.42. The van der Waals surface area contributed by atoms with E-state index in [1.807, 2.05) is 4.68 Å². The summed E-state index contributed by atoms with van der Waals surface area (Å²) in [7, 11) is 0. The second-order valence-corrected chi connectivity index (χ2v) is 3.66. The molecule has 0 aliphatic rings. The summed E-state index contributed by atoms with van der Waals surface area (Å²) in [6.45, 7) is 3.07. The van der Waals surface area contributed by atoms with Crippen LogP contribution in [-0.4, -0.2) is 14.8 Å². The van der Waals surface area contributed by atoms with Crippen LogP contribution >= 0.6 is 11.6 Å². The van der Waals surface area contributed by atoms with E-state index in [-0.39, 0.29) is 0 Å². The van der Waals surface area contributed by atoms with Gasteiger partial charge >= 0.3 is 0 Å². The molecule has 0 radical (unpaired) electrons. The van der Waals surface area contributed by atoms with Crippen molar-refractivity contribution in [3.63, 3.8) is 0 Å². The highest BCUT2D eigenvalue weighted by atomic mass is 35.5. The average molecular weight is 210 g/mol. The quantitative estimate of drug-likeness (QED) is 0.778. The zero-order valence-corrected chi connectivity index (χ0v) is 8.83. The van der Waals surface area contributed by atoms with Crippen LogP contribution in [-0.2, 0) is 6.54 Å². The van der Waals surface area contributed by atoms with Crippen LogP contribution in [0.4, 0.5) is 0 Å². The van der Waals surface area contributed by atoms with Gasteiger partial charge in [-0.05, 0) is 12.5 Å². The predicted octanol–water partition coefficient (Wildman–Crippen LogP) is 2.88. The molecular formula is C10H12ClN3. The molecule has 2 aromatic rings. The van der Waals surface area contributed by atoms with Crippen molar-refractivity contribution in [2.24, 2.45) is 0 Å². The first-order valence-corrected chi connectivity index (χ1v) is 5.16. The third-order valence-corrected chi connectivity index (χ3v) is 2.54. The Kier molecular flexibility index (Phi) is 2.68. The molecule has 0 spiro atoms. The van der Waals surface area contributed by atoms with Gasteiger partial charge in [0.15, 0.2) is 5.65 Å². The van der Waals surface area contributed by atoms with Crippen LogP contribution in [0.15, 0.2) is 18.5 Å². The first-order valence-electron chi connectivity index (χ1n) is 4.79. The lowest BCUT2D eigenvalue weighted by Gasteiger charge is -2.00. The maximum Gasteiger partial charge on any atom is 0.159 e. The Morgan fingerprint density at radius 3 is 3.14 bits per heavy atom. The summed E-state index contributed by atoms with van der Waals surface area (Å²) >= 11 is 6.01. The number of hydrogen-bond donors (Lipinski definition) is 0. The number of hydrogen-bond acceptors (Lipinski definition) is 2. The standard InChI is InChI=1S/C10H12ClN3/c1-2-3-6-14-10-8(7-13-14)9(11)4-5-12-10/h4-5,7H,2-3,6H2,1H3. The molecule has 0 atom stereocenters. The molecule has 0 amide bonds. The van der Waals surface area contributed by atoms with Gasteiger partial charge < -0.3 is 0 Å². The van der Waals surface area contributed by atoms with Crippen molar-refractivity contribution >= 4 is 22.6 Å². The Labute approximate surface area is 87.7 Å². The van der Waals surface area contributed by atoms with E-state index < -0.39 is 0 Å². The minimum atomic E-state index is 0.720. The van der Waals surface area contributed by atoms with Crippen LogP contribution in [0.3, 0.4) is 0 Å². The molecule has 2 heterocycles. The maximum absolute atomic E-state index is 6.01. The molecule has 0 fully saturated rings. The highest BCUT2D eigenvalue weighted by Gasteiger charge is 2.05. The SMILES string of the molecule is CCCCn1ncc2c(Cl)ccnc21. The predicted molar refractivity (Wildman–Crippen MR) is 57.4 cm³/mol. The number of pyridine rings is 1. The fourth-order valence-corrected chi connectivity index (χ4v) is 1.61. The van der Waals surface area contributed by atoms with Crippen LogP contribution < -0.4 is 0 Å². The van der Waals surface area contributed by atoms with Gasteiger partial charge in [0, 0.05) is 12.7 Å². The molecular weight excluding hydrogens is 198 g/mol. The van der Waals surface area contributed by atoms with Crippen molar-refractivity contribution in [1.82, 2.24) is 14.8 Å². The topological polar surface area (TPSA) is 30.7 Å². The summed E-state index contributed by atoms with van der Waals surface area (Å²) in [5.74, 6) is 0. The molecule has 4 heteroatoms. The molecule has 0 aliphatic heterocycles. The van der Waals surface area contributed by atoms with E-state index in [2.05, 4.69) is 17.0 Å². The van der Waals surface area contributed by atoms with E-state index in [0.29, 0.717) is 0 Å². The Morgan fingerprint density at radius 2 is 2.36 bits per heavy atom. The molecule has 3 nitrogen and oxygen atoms in total. The molecule has 0 N–H and O–H groups in total. The number of aromatic nitrogens is 3. The molecule has 74 valence electrons. The number of halogens is 1. The fourth-order valence-electron chi connectivity index (χ4n) is 1.42. The Bertz CT molecular complexity index is 436. The number of fused-ring (bicyclic) bond motifs is 1. The first-order chi connectivity index (χ1) is 6.83. The number of rotatable bonds is 3. The minimum Gasteiger partial charge on any atom is -0.247 e. The summed E-state index contributed by atoms with van der Waals surface area (Å²) < 4.78 is 1.91. The zero-order valence-electron chi connectivity index (χ0n) is 8.07. The summed E-state index contributed by atoms with van der Waals surface area (Å²) in [6.07, 6.45) is 5.77. The molecule has 0 saturated heterocycles. The number of unbranched alkanes of at least 4 members (excludes halogenated alkanes) is 1. The van der Waals surface area contributed by atoms with Gasteiger partial charge in [-0.25, -0.2) is 9.67 Å². The molecule has 2 rings (SSSR count). The largest absolute Gasteiger partial charge is 0.247 e. The lowest BCUT2D eigenvalue weighted by atomic mass is 10.3. The van der Waals surface area contributed by atoms with Crippen LogP contribution in [0.25, 0.3) is 11.0 Å². The van der Waals surface area contributed by atoms with Gasteiger partial charge in [0.25, 0.3) is 0 Å². The van der Waals surface area contributed by atoms with Gasteiger partial charge in [0.05, 0.1) is 16.6 Å². The Morgan fingerprint density at radius 1 is 1.50 bits per heavy atom. The van der Waals surface area contributed by atoms with E-state index in [4.69, 9.17) is 11.6 Å². The van der Waals surface area contributed by atoms with Crippen molar-refractivity contribution in [2.75, 3.05) is 0 Å². The summed E-state index contributed by atoms with van der Waals surface area (Å²) in [5.41, 5.74) is 0.881. The fraction of sp³-hybridized carbons (Fsp3) is 0.400. The molecule has 2 aromatic heterocycles. The van der Waals surface area contributed by atoms with Gasteiger partial charge in [-0.2, -0.15) is 5.10 Å². The monoisotopic (exact) mass is 209 g/mol. The molecule has 14 heavy (non-hydrogen) atoms. The van der Waals surface area contributed by atoms with Gasteiger partial charge in [0.1, 0.15) is 0 Å². The van der Waals surface area contributed by atoms with Crippen molar-refractivity contribution in [3.05, 3.63) is 23.5 Å².